The Morgan fingerprint density at radius 2 is 1.89 bits per heavy atom. The van der Waals surface area contributed by atoms with Crippen molar-refractivity contribution in [1.29, 1.82) is 0 Å². The first kappa shape index (κ1) is 23.6. The van der Waals surface area contributed by atoms with Crippen LogP contribution >= 0.6 is 23.2 Å². The van der Waals surface area contributed by atoms with E-state index in [1.165, 1.54) is 12.3 Å². The molecule has 0 spiro atoms. The minimum atomic E-state index is -4.84. The Kier molecular flexibility index (Phi) is 5.73. The molecule has 1 saturated carbocycles. The molecular formula is C20H14Cl2F3N7O2S. The monoisotopic (exact) mass is 543 g/mol. The summed E-state index contributed by atoms with van der Waals surface area (Å²) in [5.74, 6) is 1.44. The van der Waals surface area contributed by atoms with E-state index in [4.69, 9.17) is 23.2 Å². The molecule has 9 nitrogen and oxygen atoms in total. The van der Waals surface area contributed by atoms with Gasteiger partial charge >= 0.3 is 6.18 Å². The first-order chi connectivity index (χ1) is 16.5. The molecule has 3 aromatic heterocycles. The van der Waals surface area contributed by atoms with Crippen molar-refractivity contribution in [3.8, 4) is 17.3 Å². The lowest BCUT2D eigenvalue weighted by molar-refractivity contribution is -0.137. The van der Waals surface area contributed by atoms with E-state index in [1.807, 2.05) is 0 Å². The molecule has 1 aromatic carbocycles. The van der Waals surface area contributed by atoms with Gasteiger partial charge in [0.25, 0.3) is 10.0 Å². The number of nitrogens with zero attached hydrogens (tertiary/aromatic N) is 5. The Morgan fingerprint density at radius 3 is 2.54 bits per heavy atom. The number of aromatic amines is 1. The van der Waals surface area contributed by atoms with Gasteiger partial charge < -0.3 is 0 Å². The van der Waals surface area contributed by atoms with Gasteiger partial charge in [-0.1, -0.05) is 23.2 Å². The van der Waals surface area contributed by atoms with Gasteiger partial charge in [0.15, 0.2) is 11.6 Å². The van der Waals surface area contributed by atoms with Crippen LogP contribution < -0.4 is 4.72 Å². The molecule has 2 N–H and O–H groups in total. The minimum absolute atomic E-state index is 0.0605. The van der Waals surface area contributed by atoms with Crippen molar-refractivity contribution >= 4 is 38.9 Å². The largest absolute Gasteiger partial charge is 0.417 e. The molecule has 0 aliphatic heterocycles. The van der Waals surface area contributed by atoms with Gasteiger partial charge in [-0.05, 0) is 37.1 Å². The Bertz CT molecular complexity index is 1520. The smallest absolute Gasteiger partial charge is 0.284 e. The number of nitrogens with one attached hydrogen (secondary N) is 2. The molecular weight excluding hydrogens is 530 g/mol. The molecule has 0 unspecified atom stereocenters. The van der Waals surface area contributed by atoms with Crippen molar-refractivity contribution in [3.05, 3.63) is 64.2 Å². The molecule has 1 fully saturated rings. The van der Waals surface area contributed by atoms with Crippen LogP contribution in [0.3, 0.4) is 0 Å². The molecule has 35 heavy (non-hydrogen) atoms. The first-order valence-corrected chi connectivity index (χ1v) is 12.3. The van der Waals surface area contributed by atoms with E-state index >= 15 is 0 Å². The Morgan fingerprint density at radius 1 is 1.11 bits per heavy atom. The molecule has 0 amide bonds. The topological polar surface area (TPSA) is 118 Å². The zero-order valence-corrected chi connectivity index (χ0v) is 19.7. The molecule has 0 radical (unpaired) electrons. The number of benzene rings is 1. The number of hydrogen-bond donors (Lipinski definition) is 2. The van der Waals surface area contributed by atoms with Crippen LogP contribution in [0, 0.1) is 0 Å². The highest BCUT2D eigenvalue weighted by molar-refractivity contribution is 7.92. The molecule has 0 atom stereocenters. The average molecular weight is 544 g/mol. The van der Waals surface area contributed by atoms with E-state index in [9.17, 15) is 21.6 Å². The summed E-state index contributed by atoms with van der Waals surface area (Å²) in [6, 6.07) is 5.26. The fraction of sp³-hybridized carbons (Fsp3) is 0.200. The maximum absolute atomic E-state index is 13.3. The maximum Gasteiger partial charge on any atom is 0.417 e. The summed E-state index contributed by atoms with van der Waals surface area (Å²) in [6.07, 6.45) is -0.125. The fourth-order valence-electron chi connectivity index (χ4n) is 3.45. The van der Waals surface area contributed by atoms with Gasteiger partial charge in [-0.3, -0.25) is 14.4 Å². The van der Waals surface area contributed by atoms with E-state index < -0.39 is 31.7 Å². The zero-order chi connectivity index (χ0) is 25.0. The molecule has 5 rings (SSSR count). The molecule has 1 aliphatic carbocycles. The lowest BCUT2D eigenvalue weighted by Gasteiger charge is -2.15. The fourth-order valence-corrected chi connectivity index (χ4v) is 4.91. The molecule has 1 aliphatic rings. The highest BCUT2D eigenvalue weighted by Crippen LogP contribution is 2.42. The van der Waals surface area contributed by atoms with Crippen molar-refractivity contribution in [2.45, 2.75) is 29.8 Å². The second kappa shape index (κ2) is 8.50. The lowest BCUT2D eigenvalue weighted by atomic mass is 10.2. The van der Waals surface area contributed by atoms with E-state index in [2.05, 4.69) is 30.1 Å². The number of anilines is 1. The Labute approximate surface area is 206 Å². The number of alkyl halides is 3. The summed E-state index contributed by atoms with van der Waals surface area (Å²) in [6.45, 7) is 0. The summed E-state index contributed by atoms with van der Waals surface area (Å²) in [4.78, 5) is 3.59. The number of H-pyrrole nitrogens is 1. The molecule has 182 valence electrons. The Hall–Kier alpha value is -3.16. The van der Waals surface area contributed by atoms with Crippen LogP contribution in [-0.4, -0.2) is 38.4 Å². The van der Waals surface area contributed by atoms with Crippen molar-refractivity contribution in [1.82, 2.24) is 29.9 Å². The third kappa shape index (κ3) is 4.58. The lowest BCUT2D eigenvalue weighted by Crippen LogP contribution is -2.16. The average Bonchev–Trinajstić information content (AvgIpc) is 3.29. The zero-order valence-electron chi connectivity index (χ0n) is 17.4. The molecule has 15 heteroatoms. The summed E-state index contributed by atoms with van der Waals surface area (Å²) >= 11 is 11.7. The van der Waals surface area contributed by atoms with Gasteiger partial charge in [-0.25, -0.2) is 13.4 Å². The van der Waals surface area contributed by atoms with Gasteiger partial charge in [0.05, 0.1) is 26.2 Å². The third-order valence-electron chi connectivity index (χ3n) is 5.21. The van der Waals surface area contributed by atoms with Gasteiger partial charge in [0, 0.05) is 24.4 Å². The third-order valence-corrected chi connectivity index (χ3v) is 7.11. The summed E-state index contributed by atoms with van der Waals surface area (Å²) in [7, 11) is -4.51. The van der Waals surface area contributed by atoms with Crippen LogP contribution in [0.15, 0.2) is 47.6 Å². The van der Waals surface area contributed by atoms with E-state index in [0.29, 0.717) is 17.7 Å². The molecule has 4 aromatic rings. The molecule has 0 saturated heterocycles. The van der Waals surface area contributed by atoms with Gasteiger partial charge in [-0.15, -0.1) is 10.2 Å². The normalized spacial score (nSPS) is 14.3. The van der Waals surface area contributed by atoms with Gasteiger partial charge in [-0.2, -0.15) is 18.3 Å². The second-order valence-corrected chi connectivity index (χ2v) is 10.2. The predicted molar refractivity (Wildman–Crippen MR) is 121 cm³/mol. The van der Waals surface area contributed by atoms with E-state index in [-0.39, 0.29) is 28.1 Å². The van der Waals surface area contributed by atoms with Gasteiger partial charge in [0.1, 0.15) is 11.5 Å². The number of sulfonamides is 1. The first-order valence-electron chi connectivity index (χ1n) is 10.1. The maximum atomic E-state index is 13.3. The van der Waals surface area contributed by atoms with Crippen LogP contribution in [0.25, 0.3) is 17.3 Å². The van der Waals surface area contributed by atoms with Crippen molar-refractivity contribution in [3.63, 3.8) is 0 Å². The van der Waals surface area contributed by atoms with Crippen molar-refractivity contribution in [2.24, 2.45) is 0 Å². The van der Waals surface area contributed by atoms with Crippen molar-refractivity contribution in [2.75, 3.05) is 4.72 Å². The van der Waals surface area contributed by atoms with E-state index in [0.717, 1.165) is 25.0 Å². The number of pyridine rings is 1. The number of hydrogen-bond acceptors (Lipinski definition) is 6. The highest BCUT2D eigenvalue weighted by Gasteiger charge is 2.35. The second-order valence-electron chi connectivity index (χ2n) is 7.72. The summed E-state index contributed by atoms with van der Waals surface area (Å²) in [5, 5.41) is 14.8. The van der Waals surface area contributed by atoms with Crippen LogP contribution in [-0.2, 0) is 16.2 Å². The molecule has 3 heterocycles. The van der Waals surface area contributed by atoms with Crippen LogP contribution in [0.1, 0.15) is 30.1 Å². The number of halogens is 5. The quantitative estimate of drug-likeness (QED) is 0.351. The standard InChI is InChI=1S/C20H14Cl2F3N7O2S/c21-11-7-15(31-35(33,34)12-3-4-14(22)13(8-12)20(23,24)25)17(26-9-11)19-30-29-18(10-1-2-10)32(19)16-5-6-27-28-16/h3-10,31H,1-2H2,(H,27,28). The number of rotatable bonds is 6. The van der Waals surface area contributed by atoms with Crippen LogP contribution in [0.2, 0.25) is 10.0 Å². The van der Waals surface area contributed by atoms with Crippen molar-refractivity contribution < 1.29 is 21.6 Å². The Balaban J connectivity index is 1.60. The van der Waals surface area contributed by atoms with E-state index in [1.54, 1.807) is 16.8 Å². The van der Waals surface area contributed by atoms with Gasteiger partial charge in [0.2, 0.25) is 0 Å². The van der Waals surface area contributed by atoms with Crippen LogP contribution in [0.4, 0.5) is 18.9 Å². The SMILES string of the molecule is O=S(=O)(Nc1cc(Cl)cnc1-c1nnc(C2CC2)n1-c1cc[nH]n1)c1ccc(Cl)c(C(F)(F)F)c1. The summed E-state index contributed by atoms with van der Waals surface area (Å²) < 4.78 is 69.9. The molecule has 0 bridgehead atoms. The highest BCUT2D eigenvalue weighted by atomic mass is 35.5. The minimum Gasteiger partial charge on any atom is -0.284 e. The predicted octanol–water partition coefficient (Wildman–Crippen LogP) is 5.06. The number of aromatic nitrogens is 6. The van der Waals surface area contributed by atoms with Crippen LogP contribution in [0.5, 0.6) is 0 Å². The summed E-state index contributed by atoms with van der Waals surface area (Å²) in [5.41, 5.74) is -1.32.